The molecule has 1 aliphatic rings. The Morgan fingerprint density at radius 3 is 2.57 bits per heavy atom. The molecular formula is C19H18N2OS. The predicted molar refractivity (Wildman–Crippen MR) is 98.2 cm³/mol. The van der Waals surface area contributed by atoms with Gasteiger partial charge in [-0.05, 0) is 54.4 Å². The summed E-state index contributed by atoms with van der Waals surface area (Å²) in [6.45, 7) is 4.09. The van der Waals surface area contributed by atoms with Crippen LogP contribution in [0.5, 0.6) is 0 Å². The third-order valence-corrected chi connectivity index (χ3v) is 4.26. The zero-order valence-corrected chi connectivity index (χ0v) is 14.0. The molecule has 0 bridgehead atoms. The lowest BCUT2D eigenvalue weighted by Crippen LogP contribution is -2.31. The fraction of sp³-hybridized carbons (Fsp3) is 0.158. The van der Waals surface area contributed by atoms with Crippen molar-refractivity contribution in [3.8, 4) is 0 Å². The van der Waals surface area contributed by atoms with Gasteiger partial charge in [-0.3, -0.25) is 9.69 Å². The maximum atomic E-state index is 12.8. The average molecular weight is 322 g/mol. The number of hydrogen-bond acceptors (Lipinski definition) is 2. The van der Waals surface area contributed by atoms with Crippen molar-refractivity contribution < 1.29 is 4.79 Å². The van der Waals surface area contributed by atoms with Crippen LogP contribution in [-0.2, 0) is 11.2 Å². The van der Waals surface area contributed by atoms with Crippen LogP contribution in [0, 0.1) is 6.92 Å². The first-order valence-electron chi connectivity index (χ1n) is 7.62. The first kappa shape index (κ1) is 15.4. The molecule has 3 nitrogen and oxygen atoms in total. The summed E-state index contributed by atoms with van der Waals surface area (Å²) < 4.78 is 0. The third-order valence-electron chi connectivity index (χ3n) is 3.98. The second kappa shape index (κ2) is 6.34. The molecule has 0 saturated carbocycles. The maximum Gasteiger partial charge on any atom is 0.281 e. The third kappa shape index (κ3) is 2.90. The van der Waals surface area contributed by atoms with Gasteiger partial charge >= 0.3 is 0 Å². The first-order valence-corrected chi connectivity index (χ1v) is 8.03. The summed E-state index contributed by atoms with van der Waals surface area (Å²) in [4.78, 5) is 14.4. The van der Waals surface area contributed by atoms with Gasteiger partial charge in [0.25, 0.3) is 5.91 Å². The fourth-order valence-corrected chi connectivity index (χ4v) is 2.98. The minimum Gasteiger partial charge on any atom is -0.327 e. The molecule has 1 amide bonds. The largest absolute Gasteiger partial charge is 0.327 e. The van der Waals surface area contributed by atoms with E-state index in [1.165, 1.54) is 0 Å². The van der Waals surface area contributed by atoms with E-state index in [-0.39, 0.29) is 5.91 Å². The zero-order valence-electron chi connectivity index (χ0n) is 13.2. The standard InChI is InChI=1S/C19H18N2OS/c1-3-14-9-6-7-11-17(14)21-18(22)16(20-19(21)23)12-15-10-5-4-8-13(15)2/h4-12H,3H2,1-2H3,(H,20,23)/b16-12+. The van der Waals surface area contributed by atoms with Crippen molar-refractivity contribution in [1.29, 1.82) is 0 Å². The Balaban J connectivity index is 1.99. The van der Waals surface area contributed by atoms with Gasteiger partial charge in [0.2, 0.25) is 0 Å². The normalized spacial score (nSPS) is 16.1. The van der Waals surface area contributed by atoms with Crippen molar-refractivity contribution in [2.75, 3.05) is 4.90 Å². The molecule has 1 saturated heterocycles. The van der Waals surface area contributed by atoms with Crippen molar-refractivity contribution in [1.82, 2.24) is 5.32 Å². The molecule has 0 spiro atoms. The van der Waals surface area contributed by atoms with Gasteiger partial charge in [-0.25, -0.2) is 0 Å². The SMILES string of the molecule is CCc1ccccc1N1C(=O)/C(=C\c2ccccc2C)NC1=S. The van der Waals surface area contributed by atoms with Crippen LogP contribution >= 0.6 is 12.2 Å². The number of rotatable bonds is 3. The van der Waals surface area contributed by atoms with E-state index >= 15 is 0 Å². The number of aryl methyl sites for hydroxylation is 2. The second-order valence-corrected chi connectivity index (χ2v) is 5.85. The molecule has 23 heavy (non-hydrogen) atoms. The Labute approximate surface area is 141 Å². The van der Waals surface area contributed by atoms with Crippen LogP contribution in [0.3, 0.4) is 0 Å². The molecule has 0 radical (unpaired) electrons. The molecule has 0 aromatic heterocycles. The predicted octanol–water partition coefficient (Wildman–Crippen LogP) is 3.82. The summed E-state index contributed by atoms with van der Waals surface area (Å²) in [5.41, 5.74) is 4.59. The quantitative estimate of drug-likeness (QED) is 0.689. The Kier molecular flexibility index (Phi) is 4.26. The Bertz CT molecular complexity index is 811. The van der Waals surface area contributed by atoms with Gasteiger partial charge in [0, 0.05) is 0 Å². The fourth-order valence-electron chi connectivity index (χ4n) is 2.69. The number of nitrogens with zero attached hydrogens (tertiary/aromatic N) is 1. The van der Waals surface area contributed by atoms with Crippen molar-refractivity contribution in [3.63, 3.8) is 0 Å². The highest BCUT2D eigenvalue weighted by Gasteiger charge is 2.32. The number of carbonyl (C=O) groups excluding carboxylic acids is 1. The lowest BCUT2D eigenvalue weighted by atomic mass is 10.1. The van der Waals surface area contributed by atoms with Gasteiger partial charge in [-0.15, -0.1) is 0 Å². The van der Waals surface area contributed by atoms with Crippen molar-refractivity contribution in [3.05, 3.63) is 70.9 Å². The molecule has 3 rings (SSSR count). The van der Waals surface area contributed by atoms with Crippen LogP contribution in [0.15, 0.2) is 54.2 Å². The molecule has 1 heterocycles. The smallest absolute Gasteiger partial charge is 0.281 e. The van der Waals surface area contributed by atoms with Crippen molar-refractivity contribution in [2.24, 2.45) is 0 Å². The van der Waals surface area contributed by atoms with Gasteiger partial charge < -0.3 is 5.32 Å². The van der Waals surface area contributed by atoms with E-state index in [2.05, 4.69) is 12.2 Å². The summed E-state index contributed by atoms with van der Waals surface area (Å²) in [5.74, 6) is -0.112. The maximum absolute atomic E-state index is 12.8. The summed E-state index contributed by atoms with van der Waals surface area (Å²) >= 11 is 5.39. The van der Waals surface area contributed by atoms with Crippen LogP contribution in [-0.4, -0.2) is 11.0 Å². The van der Waals surface area contributed by atoms with E-state index < -0.39 is 0 Å². The van der Waals surface area contributed by atoms with E-state index in [0.29, 0.717) is 10.8 Å². The van der Waals surface area contributed by atoms with E-state index in [9.17, 15) is 4.79 Å². The molecule has 116 valence electrons. The van der Waals surface area contributed by atoms with Crippen LogP contribution in [0.25, 0.3) is 6.08 Å². The van der Waals surface area contributed by atoms with Gasteiger partial charge in [0.15, 0.2) is 5.11 Å². The summed E-state index contributed by atoms with van der Waals surface area (Å²) in [5, 5.41) is 3.47. The summed E-state index contributed by atoms with van der Waals surface area (Å²) in [6.07, 6.45) is 2.71. The molecule has 0 aliphatic carbocycles. The van der Waals surface area contributed by atoms with Gasteiger partial charge in [0.1, 0.15) is 5.70 Å². The Morgan fingerprint density at radius 2 is 1.83 bits per heavy atom. The number of hydrogen-bond donors (Lipinski definition) is 1. The molecule has 1 aliphatic heterocycles. The van der Waals surface area contributed by atoms with E-state index in [1.807, 2.05) is 61.5 Å². The van der Waals surface area contributed by atoms with Crippen LogP contribution in [0.2, 0.25) is 0 Å². The Morgan fingerprint density at radius 1 is 1.13 bits per heavy atom. The highest BCUT2D eigenvalue weighted by Crippen LogP contribution is 2.26. The average Bonchev–Trinajstić information content (AvgIpc) is 2.83. The molecule has 1 N–H and O–H groups in total. The number of carbonyl (C=O) groups is 1. The molecular weight excluding hydrogens is 304 g/mol. The molecule has 0 atom stereocenters. The minimum absolute atomic E-state index is 0.112. The van der Waals surface area contributed by atoms with Crippen molar-refractivity contribution >= 4 is 35.0 Å². The molecule has 1 fully saturated rings. The topological polar surface area (TPSA) is 32.3 Å². The second-order valence-electron chi connectivity index (χ2n) is 5.47. The lowest BCUT2D eigenvalue weighted by molar-refractivity contribution is -0.113. The van der Waals surface area contributed by atoms with Gasteiger partial charge in [-0.2, -0.15) is 0 Å². The summed E-state index contributed by atoms with van der Waals surface area (Å²) in [7, 11) is 0. The number of anilines is 1. The molecule has 2 aromatic carbocycles. The van der Waals surface area contributed by atoms with Crippen LogP contribution in [0.1, 0.15) is 23.6 Å². The van der Waals surface area contributed by atoms with Crippen LogP contribution < -0.4 is 10.2 Å². The number of thiocarbonyl (C=S) groups is 1. The highest BCUT2D eigenvalue weighted by molar-refractivity contribution is 7.80. The summed E-state index contributed by atoms with van der Waals surface area (Å²) in [6, 6.07) is 15.8. The van der Waals surface area contributed by atoms with E-state index in [4.69, 9.17) is 12.2 Å². The van der Waals surface area contributed by atoms with Crippen molar-refractivity contribution in [2.45, 2.75) is 20.3 Å². The number of amides is 1. The molecule has 0 unspecified atom stereocenters. The highest BCUT2D eigenvalue weighted by atomic mass is 32.1. The van der Waals surface area contributed by atoms with Gasteiger partial charge in [-0.1, -0.05) is 49.4 Å². The van der Waals surface area contributed by atoms with E-state index in [0.717, 1.165) is 28.8 Å². The zero-order chi connectivity index (χ0) is 16.4. The number of para-hydroxylation sites is 1. The Hall–Kier alpha value is -2.46. The number of benzene rings is 2. The minimum atomic E-state index is -0.112. The van der Waals surface area contributed by atoms with Crippen LogP contribution in [0.4, 0.5) is 5.69 Å². The van der Waals surface area contributed by atoms with Gasteiger partial charge in [0.05, 0.1) is 5.69 Å². The monoisotopic (exact) mass is 322 g/mol. The molecule has 4 heteroatoms. The van der Waals surface area contributed by atoms with E-state index in [1.54, 1.807) is 4.90 Å². The molecule has 2 aromatic rings. The first-order chi connectivity index (χ1) is 11.1. The lowest BCUT2D eigenvalue weighted by Gasteiger charge is -2.17. The number of nitrogens with one attached hydrogen (secondary N) is 1.